The number of nitrogens with zero attached hydrogens (tertiary/aromatic N) is 3. The minimum atomic E-state index is -0.217. The van der Waals surface area contributed by atoms with E-state index in [-0.39, 0.29) is 5.41 Å². The number of hydrogen-bond acceptors (Lipinski definition) is 4. The lowest BCUT2D eigenvalue weighted by Crippen LogP contribution is -2.53. The first kappa shape index (κ1) is 20.1. The van der Waals surface area contributed by atoms with Gasteiger partial charge in [-0.25, -0.2) is 4.98 Å². The summed E-state index contributed by atoms with van der Waals surface area (Å²) in [5.41, 5.74) is 3.06. The summed E-state index contributed by atoms with van der Waals surface area (Å²) in [4.78, 5) is 26.1. The van der Waals surface area contributed by atoms with E-state index in [0.29, 0.717) is 19.1 Å². The van der Waals surface area contributed by atoms with Gasteiger partial charge in [-0.1, -0.05) is 24.3 Å². The molecule has 0 aliphatic carbocycles. The van der Waals surface area contributed by atoms with E-state index in [9.17, 15) is 4.79 Å². The number of fused-ring (bicyclic) bond motifs is 1. The molecule has 3 aromatic rings. The van der Waals surface area contributed by atoms with E-state index in [0.717, 1.165) is 62.3 Å². The van der Waals surface area contributed by atoms with Gasteiger partial charge in [-0.15, -0.1) is 0 Å². The zero-order valence-electron chi connectivity index (χ0n) is 18.1. The van der Waals surface area contributed by atoms with Gasteiger partial charge in [0.25, 0.3) is 0 Å². The van der Waals surface area contributed by atoms with Gasteiger partial charge in [0.1, 0.15) is 5.82 Å². The number of hydrogen-bond donors (Lipinski definition) is 1. The third-order valence-electron chi connectivity index (χ3n) is 6.99. The van der Waals surface area contributed by atoms with Gasteiger partial charge in [0, 0.05) is 50.4 Å². The number of anilines is 1. The van der Waals surface area contributed by atoms with Crippen molar-refractivity contribution in [2.45, 2.75) is 38.8 Å². The SMILES string of the molecule is COCc1cccc(N2CCC3(CCCN(Cc4c[nH]c5ccccc45)C3=O)CC2)n1. The molecule has 1 N–H and O–H groups in total. The molecular formula is C25H30N4O2. The molecule has 1 spiro atoms. The smallest absolute Gasteiger partial charge is 0.229 e. The van der Waals surface area contributed by atoms with Crippen LogP contribution in [0.1, 0.15) is 36.9 Å². The first-order valence-electron chi connectivity index (χ1n) is 11.2. The molecule has 1 aromatic carbocycles. The quantitative estimate of drug-likeness (QED) is 0.677. The molecule has 6 heteroatoms. The van der Waals surface area contributed by atoms with E-state index in [1.165, 1.54) is 10.9 Å². The van der Waals surface area contributed by atoms with Crippen LogP contribution in [0.5, 0.6) is 0 Å². The third-order valence-corrected chi connectivity index (χ3v) is 6.99. The molecule has 2 saturated heterocycles. The minimum Gasteiger partial charge on any atom is -0.378 e. The number of ether oxygens (including phenoxy) is 1. The summed E-state index contributed by atoms with van der Waals surface area (Å²) in [6.07, 6.45) is 5.93. The number of carbonyl (C=O) groups excluding carboxylic acids is 1. The molecule has 4 heterocycles. The zero-order valence-corrected chi connectivity index (χ0v) is 18.1. The van der Waals surface area contributed by atoms with Crippen molar-refractivity contribution in [2.24, 2.45) is 5.41 Å². The maximum atomic E-state index is 13.6. The number of carbonyl (C=O) groups is 1. The number of rotatable bonds is 5. The van der Waals surface area contributed by atoms with Crippen molar-refractivity contribution in [1.82, 2.24) is 14.9 Å². The van der Waals surface area contributed by atoms with Crippen LogP contribution >= 0.6 is 0 Å². The predicted octanol–water partition coefficient (Wildman–Crippen LogP) is 4.12. The van der Waals surface area contributed by atoms with Gasteiger partial charge < -0.3 is 19.5 Å². The first-order valence-corrected chi connectivity index (χ1v) is 11.2. The Labute approximate surface area is 183 Å². The number of likely N-dealkylation sites (tertiary alicyclic amines) is 1. The van der Waals surface area contributed by atoms with Crippen LogP contribution in [0.25, 0.3) is 10.9 Å². The maximum Gasteiger partial charge on any atom is 0.229 e. The molecule has 6 nitrogen and oxygen atoms in total. The standard InChI is InChI=1S/C25H30N4O2/c1-31-18-20-6-4-9-23(27-20)28-14-11-25(12-15-28)10-5-13-29(24(25)30)17-19-16-26-22-8-3-2-7-21(19)22/h2-4,6-9,16,26H,5,10-15,17-18H2,1H3. The third kappa shape index (κ3) is 3.81. The average Bonchev–Trinajstić information content (AvgIpc) is 3.21. The van der Waals surface area contributed by atoms with Crippen molar-refractivity contribution in [2.75, 3.05) is 31.6 Å². The van der Waals surface area contributed by atoms with Crippen molar-refractivity contribution >= 4 is 22.6 Å². The van der Waals surface area contributed by atoms with E-state index in [1.54, 1.807) is 7.11 Å². The number of aromatic amines is 1. The van der Waals surface area contributed by atoms with Gasteiger partial charge in [-0.2, -0.15) is 0 Å². The largest absolute Gasteiger partial charge is 0.378 e. The van der Waals surface area contributed by atoms with Crippen LogP contribution < -0.4 is 4.90 Å². The molecule has 0 saturated carbocycles. The first-order chi connectivity index (χ1) is 15.2. The van der Waals surface area contributed by atoms with E-state index >= 15 is 0 Å². The topological polar surface area (TPSA) is 61.5 Å². The Kier molecular flexibility index (Phi) is 5.40. The molecule has 2 fully saturated rings. The van der Waals surface area contributed by atoms with Crippen LogP contribution in [0.2, 0.25) is 0 Å². The number of piperidine rings is 2. The molecule has 0 bridgehead atoms. The molecule has 31 heavy (non-hydrogen) atoms. The highest BCUT2D eigenvalue weighted by Crippen LogP contribution is 2.42. The van der Waals surface area contributed by atoms with Crippen molar-refractivity contribution in [3.05, 3.63) is 59.9 Å². The predicted molar refractivity (Wildman–Crippen MR) is 122 cm³/mol. The molecule has 162 valence electrons. The number of H-pyrrole nitrogens is 1. The van der Waals surface area contributed by atoms with Crippen LogP contribution in [0.4, 0.5) is 5.82 Å². The van der Waals surface area contributed by atoms with Crippen molar-refractivity contribution in [3.63, 3.8) is 0 Å². The van der Waals surface area contributed by atoms with Crippen LogP contribution in [0, 0.1) is 5.41 Å². The lowest BCUT2D eigenvalue weighted by Gasteiger charge is -2.46. The van der Waals surface area contributed by atoms with E-state index in [2.05, 4.69) is 45.2 Å². The fourth-order valence-corrected chi connectivity index (χ4v) is 5.27. The van der Waals surface area contributed by atoms with Gasteiger partial charge in [-0.05, 0) is 49.4 Å². The molecule has 2 aliphatic rings. The molecule has 0 atom stereocenters. The second kappa shape index (κ2) is 8.35. The number of amides is 1. The number of benzene rings is 1. The Morgan fingerprint density at radius 2 is 1.90 bits per heavy atom. The fourth-order valence-electron chi connectivity index (χ4n) is 5.27. The molecule has 1 amide bonds. The van der Waals surface area contributed by atoms with Crippen LogP contribution in [-0.2, 0) is 22.7 Å². The van der Waals surface area contributed by atoms with Gasteiger partial charge in [0.2, 0.25) is 5.91 Å². The number of methoxy groups -OCH3 is 1. The Bertz CT molecular complexity index is 1070. The van der Waals surface area contributed by atoms with Crippen LogP contribution in [0.3, 0.4) is 0 Å². The zero-order chi connectivity index (χ0) is 21.3. The average molecular weight is 419 g/mol. The minimum absolute atomic E-state index is 0.217. The normalized spacial score (nSPS) is 18.8. The summed E-state index contributed by atoms with van der Waals surface area (Å²) < 4.78 is 5.22. The molecule has 0 unspecified atom stereocenters. The Hall–Kier alpha value is -2.86. The molecule has 0 radical (unpaired) electrons. The summed E-state index contributed by atoms with van der Waals surface area (Å²) >= 11 is 0. The number of pyridine rings is 1. The van der Waals surface area contributed by atoms with E-state index < -0.39 is 0 Å². The highest BCUT2D eigenvalue weighted by Gasteiger charge is 2.45. The summed E-state index contributed by atoms with van der Waals surface area (Å²) in [5, 5.41) is 1.21. The van der Waals surface area contributed by atoms with Gasteiger partial charge in [-0.3, -0.25) is 4.79 Å². The maximum absolute atomic E-state index is 13.6. The summed E-state index contributed by atoms with van der Waals surface area (Å²) in [7, 11) is 1.69. The second-order valence-electron chi connectivity index (χ2n) is 8.88. The van der Waals surface area contributed by atoms with Crippen LogP contribution in [-0.4, -0.2) is 47.5 Å². The van der Waals surface area contributed by atoms with Crippen molar-refractivity contribution in [3.8, 4) is 0 Å². The van der Waals surface area contributed by atoms with Gasteiger partial charge in [0.05, 0.1) is 17.7 Å². The molecule has 5 rings (SSSR count). The van der Waals surface area contributed by atoms with Crippen molar-refractivity contribution in [1.29, 1.82) is 0 Å². The molecule has 2 aromatic heterocycles. The highest BCUT2D eigenvalue weighted by molar-refractivity contribution is 5.86. The monoisotopic (exact) mass is 418 g/mol. The number of para-hydroxylation sites is 1. The Morgan fingerprint density at radius 1 is 1.06 bits per heavy atom. The highest BCUT2D eigenvalue weighted by atomic mass is 16.5. The Morgan fingerprint density at radius 3 is 2.74 bits per heavy atom. The summed E-state index contributed by atoms with van der Waals surface area (Å²) in [6, 6.07) is 14.4. The summed E-state index contributed by atoms with van der Waals surface area (Å²) in [5.74, 6) is 1.33. The van der Waals surface area contributed by atoms with Crippen LogP contribution in [0.15, 0.2) is 48.7 Å². The van der Waals surface area contributed by atoms with E-state index in [4.69, 9.17) is 9.72 Å². The lowest BCUT2D eigenvalue weighted by atomic mass is 9.71. The second-order valence-corrected chi connectivity index (χ2v) is 8.88. The lowest BCUT2D eigenvalue weighted by molar-refractivity contribution is -0.148. The molecule has 2 aliphatic heterocycles. The Balaban J connectivity index is 1.28. The summed E-state index contributed by atoms with van der Waals surface area (Å²) in [6.45, 7) is 3.80. The fraction of sp³-hybridized carbons (Fsp3) is 0.440. The van der Waals surface area contributed by atoms with Gasteiger partial charge in [0.15, 0.2) is 0 Å². The number of aromatic nitrogens is 2. The van der Waals surface area contributed by atoms with E-state index in [1.807, 2.05) is 18.2 Å². The molecular weight excluding hydrogens is 388 g/mol. The number of nitrogens with one attached hydrogen (secondary N) is 1. The van der Waals surface area contributed by atoms with Crippen molar-refractivity contribution < 1.29 is 9.53 Å². The van der Waals surface area contributed by atoms with Gasteiger partial charge >= 0.3 is 0 Å².